The number of carbonyl (C=O) groups is 3. The van der Waals surface area contributed by atoms with Crippen molar-refractivity contribution in [1.82, 2.24) is 5.32 Å². The monoisotopic (exact) mass is 420 g/mol. The van der Waals surface area contributed by atoms with Crippen LogP contribution in [0.3, 0.4) is 0 Å². The van der Waals surface area contributed by atoms with Crippen molar-refractivity contribution in [3.05, 3.63) is 59.7 Å². The van der Waals surface area contributed by atoms with Crippen LogP contribution in [0, 0.1) is 17.6 Å². The Morgan fingerprint density at radius 3 is 2.23 bits per heavy atom. The zero-order valence-electron chi connectivity index (χ0n) is 16.7. The van der Waals surface area contributed by atoms with E-state index < -0.39 is 53.5 Å². The van der Waals surface area contributed by atoms with Crippen molar-refractivity contribution < 1.29 is 32.6 Å². The van der Waals surface area contributed by atoms with Crippen LogP contribution in [0.25, 0.3) is 0 Å². The molecule has 1 atom stereocenters. The molecular weight excluding hydrogens is 398 g/mol. The average molecular weight is 420 g/mol. The Bertz CT molecular complexity index is 913. The fraction of sp³-hybridized carbons (Fsp3) is 0.286. The summed E-state index contributed by atoms with van der Waals surface area (Å²) in [4.78, 5) is 36.7. The summed E-state index contributed by atoms with van der Waals surface area (Å²) in [7, 11) is 1.44. The molecule has 7 nitrogen and oxygen atoms in total. The molecule has 0 fully saturated rings. The second-order valence-corrected chi connectivity index (χ2v) is 6.65. The van der Waals surface area contributed by atoms with E-state index in [9.17, 15) is 23.2 Å². The molecule has 0 radical (unpaired) electrons. The molecular formula is C21H22F2N2O5. The summed E-state index contributed by atoms with van der Waals surface area (Å²) < 4.78 is 37.7. The maximum Gasteiger partial charge on any atom is 0.329 e. The summed E-state index contributed by atoms with van der Waals surface area (Å²) >= 11 is 0. The predicted molar refractivity (Wildman–Crippen MR) is 105 cm³/mol. The number of benzene rings is 2. The predicted octanol–water partition coefficient (Wildman–Crippen LogP) is 2.91. The lowest BCUT2D eigenvalue weighted by Crippen LogP contribution is -2.46. The van der Waals surface area contributed by atoms with E-state index in [0.29, 0.717) is 11.4 Å². The molecule has 0 unspecified atom stereocenters. The third-order valence-electron chi connectivity index (χ3n) is 4.12. The number of nitrogens with one attached hydrogen (secondary N) is 2. The molecule has 0 aliphatic heterocycles. The Kier molecular flexibility index (Phi) is 7.85. The summed E-state index contributed by atoms with van der Waals surface area (Å²) in [6.07, 6.45) is 0. The highest BCUT2D eigenvalue weighted by Gasteiger charge is 2.29. The van der Waals surface area contributed by atoms with Gasteiger partial charge in [0.2, 0.25) is 0 Å². The lowest BCUT2D eigenvalue weighted by Gasteiger charge is -2.21. The highest BCUT2D eigenvalue weighted by molar-refractivity contribution is 5.98. The van der Waals surface area contributed by atoms with E-state index in [-0.39, 0.29) is 0 Å². The number of amides is 2. The lowest BCUT2D eigenvalue weighted by molar-refractivity contribution is -0.150. The molecule has 2 aromatic rings. The van der Waals surface area contributed by atoms with Crippen LogP contribution in [0.2, 0.25) is 0 Å². The molecule has 0 bridgehead atoms. The van der Waals surface area contributed by atoms with Crippen molar-refractivity contribution in [2.24, 2.45) is 5.92 Å². The number of esters is 1. The number of ether oxygens (including phenoxy) is 2. The maximum absolute atomic E-state index is 13.8. The van der Waals surface area contributed by atoms with Gasteiger partial charge >= 0.3 is 5.97 Å². The first-order valence-corrected chi connectivity index (χ1v) is 9.09. The molecule has 0 saturated heterocycles. The zero-order chi connectivity index (χ0) is 22.3. The van der Waals surface area contributed by atoms with Gasteiger partial charge in [-0.3, -0.25) is 9.59 Å². The van der Waals surface area contributed by atoms with Crippen LogP contribution < -0.4 is 15.4 Å². The van der Waals surface area contributed by atoms with Crippen LogP contribution in [0.15, 0.2) is 42.5 Å². The molecule has 2 rings (SSSR count). The number of hydrogen-bond acceptors (Lipinski definition) is 5. The Labute approximate surface area is 172 Å². The Morgan fingerprint density at radius 2 is 1.63 bits per heavy atom. The third-order valence-corrected chi connectivity index (χ3v) is 4.12. The largest absolute Gasteiger partial charge is 0.495 e. The van der Waals surface area contributed by atoms with Crippen molar-refractivity contribution in [2.75, 3.05) is 19.0 Å². The number of methoxy groups -OCH3 is 1. The van der Waals surface area contributed by atoms with Gasteiger partial charge in [0.25, 0.3) is 11.8 Å². The van der Waals surface area contributed by atoms with E-state index in [1.54, 1.807) is 38.1 Å². The van der Waals surface area contributed by atoms with E-state index in [1.165, 1.54) is 7.11 Å². The Hall–Kier alpha value is -3.49. The first kappa shape index (κ1) is 22.8. The van der Waals surface area contributed by atoms with E-state index in [0.717, 1.165) is 18.2 Å². The van der Waals surface area contributed by atoms with Crippen molar-refractivity contribution in [3.63, 3.8) is 0 Å². The molecule has 0 heterocycles. The molecule has 0 aromatic heterocycles. The van der Waals surface area contributed by atoms with E-state index >= 15 is 0 Å². The Morgan fingerprint density at radius 1 is 1.00 bits per heavy atom. The first-order chi connectivity index (χ1) is 14.2. The number of carbonyl (C=O) groups excluding carboxylic acids is 3. The van der Waals surface area contributed by atoms with Crippen molar-refractivity contribution in [1.29, 1.82) is 0 Å². The molecule has 2 amide bonds. The minimum Gasteiger partial charge on any atom is -0.495 e. The molecule has 160 valence electrons. The van der Waals surface area contributed by atoms with Crippen LogP contribution >= 0.6 is 0 Å². The lowest BCUT2D eigenvalue weighted by atomic mass is 10.0. The van der Waals surface area contributed by atoms with Crippen LogP contribution in [-0.4, -0.2) is 37.5 Å². The van der Waals surface area contributed by atoms with Gasteiger partial charge in [-0.15, -0.1) is 0 Å². The fourth-order valence-corrected chi connectivity index (χ4v) is 2.59. The van der Waals surface area contributed by atoms with Gasteiger partial charge in [0, 0.05) is 0 Å². The van der Waals surface area contributed by atoms with E-state index in [1.807, 2.05) is 0 Å². The first-order valence-electron chi connectivity index (χ1n) is 9.09. The average Bonchev–Trinajstić information content (AvgIpc) is 2.70. The minimum atomic E-state index is -1.21. The van der Waals surface area contributed by atoms with Gasteiger partial charge in [0.1, 0.15) is 29.0 Å². The standard InChI is InChI=1S/C21H22F2N2O5/c1-12(2)19(25-20(27)18-13(22)7-6-8-14(18)23)21(28)30-11-17(26)24-15-9-4-5-10-16(15)29-3/h4-10,12,19H,11H2,1-3H3,(H,24,26)(H,25,27)/t19-/m0/s1. The van der Waals surface area contributed by atoms with Gasteiger partial charge in [-0.25, -0.2) is 13.6 Å². The number of para-hydroxylation sites is 2. The van der Waals surface area contributed by atoms with Crippen LogP contribution in [0.5, 0.6) is 5.75 Å². The molecule has 0 saturated carbocycles. The van der Waals surface area contributed by atoms with Gasteiger partial charge < -0.3 is 20.1 Å². The minimum absolute atomic E-state index is 0.393. The zero-order valence-corrected chi connectivity index (χ0v) is 16.7. The van der Waals surface area contributed by atoms with Gasteiger partial charge in [-0.05, 0) is 30.2 Å². The van der Waals surface area contributed by atoms with Crippen LogP contribution in [-0.2, 0) is 14.3 Å². The molecule has 2 N–H and O–H groups in total. The van der Waals surface area contributed by atoms with Crippen molar-refractivity contribution in [2.45, 2.75) is 19.9 Å². The quantitative estimate of drug-likeness (QED) is 0.641. The number of halogens is 2. The second kappa shape index (κ2) is 10.3. The van der Waals surface area contributed by atoms with Crippen LogP contribution in [0.4, 0.5) is 14.5 Å². The van der Waals surface area contributed by atoms with E-state index in [2.05, 4.69) is 10.6 Å². The van der Waals surface area contributed by atoms with Gasteiger partial charge in [0.05, 0.1) is 12.8 Å². The molecule has 0 aliphatic rings. The van der Waals surface area contributed by atoms with Crippen LogP contribution in [0.1, 0.15) is 24.2 Å². The van der Waals surface area contributed by atoms with Gasteiger partial charge in [0.15, 0.2) is 6.61 Å². The summed E-state index contributed by atoms with van der Waals surface area (Å²) in [5, 5.41) is 4.80. The van der Waals surface area contributed by atoms with Gasteiger partial charge in [-0.1, -0.05) is 32.0 Å². The molecule has 2 aromatic carbocycles. The highest BCUT2D eigenvalue weighted by Crippen LogP contribution is 2.22. The summed E-state index contributed by atoms with van der Waals surface area (Å²) in [5.41, 5.74) is -0.408. The maximum atomic E-state index is 13.8. The summed E-state index contributed by atoms with van der Waals surface area (Å²) in [6, 6.07) is 8.45. The van der Waals surface area contributed by atoms with E-state index in [4.69, 9.17) is 9.47 Å². The Balaban J connectivity index is 2.00. The normalized spacial score (nSPS) is 11.5. The van der Waals surface area contributed by atoms with Crippen molar-refractivity contribution >= 4 is 23.5 Å². The highest BCUT2D eigenvalue weighted by atomic mass is 19.1. The molecule has 30 heavy (non-hydrogen) atoms. The number of hydrogen-bond donors (Lipinski definition) is 2. The summed E-state index contributed by atoms with van der Waals surface area (Å²) in [5.74, 6) is -4.78. The molecule has 9 heteroatoms. The van der Waals surface area contributed by atoms with Crippen molar-refractivity contribution in [3.8, 4) is 5.75 Å². The smallest absolute Gasteiger partial charge is 0.329 e. The fourth-order valence-electron chi connectivity index (χ4n) is 2.59. The summed E-state index contributed by atoms with van der Waals surface area (Å²) in [6.45, 7) is 2.60. The number of rotatable bonds is 8. The number of anilines is 1. The molecule has 0 aliphatic carbocycles. The topological polar surface area (TPSA) is 93.7 Å². The third kappa shape index (κ3) is 5.76. The second-order valence-electron chi connectivity index (χ2n) is 6.65. The SMILES string of the molecule is COc1ccccc1NC(=O)COC(=O)[C@@H](NC(=O)c1c(F)cccc1F)C(C)C. The molecule has 0 spiro atoms. The van der Waals surface area contributed by atoms with Gasteiger partial charge in [-0.2, -0.15) is 0 Å².